The molecule has 2 aliphatic rings. The molecular weight excluding hydrogens is 182 g/mol. The summed E-state index contributed by atoms with van der Waals surface area (Å²) in [5.74, 6) is 0.0706. The van der Waals surface area contributed by atoms with Crippen LogP contribution in [0.4, 0.5) is 0 Å². The number of amides is 1. The Kier molecular flexibility index (Phi) is 3.03. The summed E-state index contributed by atoms with van der Waals surface area (Å²) < 4.78 is 5.33. The third-order valence-corrected chi connectivity index (χ3v) is 2.91. The zero-order valence-corrected chi connectivity index (χ0v) is 8.32. The van der Waals surface area contributed by atoms with Gasteiger partial charge in [0.05, 0.1) is 6.10 Å². The van der Waals surface area contributed by atoms with Crippen molar-refractivity contribution in [3.05, 3.63) is 0 Å². The van der Waals surface area contributed by atoms with E-state index in [0.29, 0.717) is 13.2 Å². The summed E-state index contributed by atoms with van der Waals surface area (Å²) in [5, 5.41) is 9.44. The molecule has 0 spiro atoms. The predicted molar refractivity (Wildman–Crippen MR) is 50.8 cm³/mol. The fourth-order valence-corrected chi connectivity index (χ4v) is 2.13. The van der Waals surface area contributed by atoms with Crippen molar-refractivity contribution in [3.8, 4) is 0 Å². The van der Waals surface area contributed by atoms with E-state index in [0.717, 1.165) is 32.2 Å². The van der Waals surface area contributed by atoms with Crippen molar-refractivity contribution in [1.29, 1.82) is 0 Å². The van der Waals surface area contributed by atoms with Crippen molar-refractivity contribution < 1.29 is 14.6 Å². The number of nitrogens with zero attached hydrogens (tertiary/aromatic N) is 1. The third-order valence-electron chi connectivity index (χ3n) is 2.91. The zero-order valence-electron chi connectivity index (χ0n) is 8.32. The van der Waals surface area contributed by atoms with E-state index in [2.05, 4.69) is 0 Å². The molecule has 0 aliphatic carbocycles. The fraction of sp³-hybridized carbons (Fsp3) is 0.900. The highest BCUT2D eigenvalue weighted by molar-refractivity contribution is 5.81. The highest BCUT2D eigenvalue weighted by Gasteiger charge is 2.30. The predicted octanol–water partition coefficient (Wildman–Crippen LogP) is 0.149. The summed E-state index contributed by atoms with van der Waals surface area (Å²) >= 11 is 0. The van der Waals surface area contributed by atoms with Gasteiger partial charge in [-0.15, -0.1) is 0 Å². The Bertz CT molecular complexity index is 213. The lowest BCUT2D eigenvalue weighted by atomic mass is 10.1. The molecule has 2 unspecified atom stereocenters. The Hall–Kier alpha value is -0.610. The van der Waals surface area contributed by atoms with Gasteiger partial charge in [-0.1, -0.05) is 0 Å². The van der Waals surface area contributed by atoms with E-state index in [-0.39, 0.29) is 18.1 Å². The molecular formula is C10H17NO3. The summed E-state index contributed by atoms with van der Waals surface area (Å²) in [5.41, 5.74) is 0. The molecule has 0 aromatic heterocycles. The van der Waals surface area contributed by atoms with Crippen molar-refractivity contribution in [1.82, 2.24) is 4.90 Å². The average Bonchev–Trinajstić information content (AvgIpc) is 2.69. The van der Waals surface area contributed by atoms with E-state index in [1.165, 1.54) is 0 Å². The van der Waals surface area contributed by atoms with Crippen LogP contribution in [0.1, 0.15) is 25.7 Å². The first-order chi connectivity index (χ1) is 6.77. The first-order valence-electron chi connectivity index (χ1n) is 5.36. The summed E-state index contributed by atoms with van der Waals surface area (Å²) in [7, 11) is 0. The van der Waals surface area contributed by atoms with Crippen LogP contribution in [0.25, 0.3) is 0 Å². The maximum atomic E-state index is 11.8. The van der Waals surface area contributed by atoms with Gasteiger partial charge in [-0.3, -0.25) is 4.79 Å². The minimum absolute atomic E-state index is 0.0706. The Morgan fingerprint density at radius 2 is 2.21 bits per heavy atom. The molecule has 2 atom stereocenters. The van der Waals surface area contributed by atoms with E-state index in [9.17, 15) is 9.90 Å². The van der Waals surface area contributed by atoms with Gasteiger partial charge in [0, 0.05) is 19.7 Å². The SMILES string of the molecule is O=C(C1CCCO1)N1CCCC(O)C1. The first-order valence-corrected chi connectivity index (χ1v) is 5.36. The number of ether oxygens (including phenoxy) is 1. The maximum Gasteiger partial charge on any atom is 0.251 e. The van der Waals surface area contributed by atoms with Crippen LogP contribution < -0.4 is 0 Å². The topological polar surface area (TPSA) is 49.8 Å². The molecule has 0 bridgehead atoms. The molecule has 0 radical (unpaired) electrons. The van der Waals surface area contributed by atoms with Gasteiger partial charge < -0.3 is 14.7 Å². The molecule has 4 heteroatoms. The standard InChI is InChI=1S/C10H17NO3/c12-8-3-1-5-11(7-8)10(13)9-4-2-6-14-9/h8-9,12H,1-7H2. The van der Waals surface area contributed by atoms with Crippen LogP contribution in [0.5, 0.6) is 0 Å². The molecule has 80 valence electrons. The number of carbonyl (C=O) groups excluding carboxylic acids is 1. The Balaban J connectivity index is 1.89. The average molecular weight is 199 g/mol. The quantitative estimate of drug-likeness (QED) is 0.654. The van der Waals surface area contributed by atoms with Gasteiger partial charge >= 0.3 is 0 Å². The Labute approximate surface area is 83.8 Å². The van der Waals surface area contributed by atoms with Gasteiger partial charge in [-0.25, -0.2) is 0 Å². The van der Waals surface area contributed by atoms with E-state index in [4.69, 9.17) is 4.74 Å². The van der Waals surface area contributed by atoms with Crippen LogP contribution in [0.3, 0.4) is 0 Å². The molecule has 0 aromatic carbocycles. The lowest BCUT2D eigenvalue weighted by Gasteiger charge is -2.31. The van der Waals surface area contributed by atoms with Crippen LogP contribution in [0, 0.1) is 0 Å². The number of piperidine rings is 1. The molecule has 1 amide bonds. The highest BCUT2D eigenvalue weighted by atomic mass is 16.5. The number of likely N-dealkylation sites (tertiary alicyclic amines) is 1. The van der Waals surface area contributed by atoms with E-state index < -0.39 is 0 Å². The van der Waals surface area contributed by atoms with Crippen LogP contribution >= 0.6 is 0 Å². The van der Waals surface area contributed by atoms with E-state index in [1.54, 1.807) is 4.90 Å². The van der Waals surface area contributed by atoms with E-state index in [1.807, 2.05) is 0 Å². The van der Waals surface area contributed by atoms with Crippen molar-refractivity contribution in [2.45, 2.75) is 37.9 Å². The van der Waals surface area contributed by atoms with Gasteiger partial charge in [0.15, 0.2) is 0 Å². The summed E-state index contributed by atoms with van der Waals surface area (Å²) in [6.45, 7) is 1.96. The lowest BCUT2D eigenvalue weighted by molar-refractivity contribution is -0.143. The number of aliphatic hydroxyl groups excluding tert-OH is 1. The first kappa shape index (κ1) is 9.93. The van der Waals surface area contributed by atoms with Gasteiger partial charge in [0.1, 0.15) is 6.10 Å². The number of rotatable bonds is 1. The molecule has 2 aliphatic heterocycles. The maximum absolute atomic E-state index is 11.8. The molecule has 0 aromatic rings. The summed E-state index contributed by atoms with van der Waals surface area (Å²) in [6.07, 6.45) is 2.96. The minimum atomic E-state index is -0.339. The van der Waals surface area contributed by atoms with Crippen molar-refractivity contribution >= 4 is 5.91 Å². The lowest BCUT2D eigenvalue weighted by Crippen LogP contribution is -2.46. The third kappa shape index (κ3) is 2.07. The van der Waals surface area contributed by atoms with Crippen molar-refractivity contribution in [2.75, 3.05) is 19.7 Å². The van der Waals surface area contributed by atoms with Crippen molar-refractivity contribution in [2.24, 2.45) is 0 Å². The number of aliphatic hydroxyl groups is 1. The highest BCUT2D eigenvalue weighted by Crippen LogP contribution is 2.17. The molecule has 0 saturated carbocycles. The Morgan fingerprint density at radius 1 is 1.36 bits per heavy atom. The molecule has 2 heterocycles. The Morgan fingerprint density at radius 3 is 2.86 bits per heavy atom. The van der Waals surface area contributed by atoms with Crippen LogP contribution in [-0.2, 0) is 9.53 Å². The number of β-amino-alcohol motifs (C(OH)–C–C–N with tert-alkyl or cyclic N) is 1. The van der Waals surface area contributed by atoms with Crippen LogP contribution in [0.2, 0.25) is 0 Å². The monoisotopic (exact) mass is 199 g/mol. The normalized spacial score (nSPS) is 33.4. The second kappa shape index (κ2) is 4.28. The van der Waals surface area contributed by atoms with Gasteiger partial charge in [0.2, 0.25) is 0 Å². The number of hydrogen-bond donors (Lipinski definition) is 1. The summed E-state index contributed by atoms with van der Waals surface area (Å²) in [6, 6.07) is 0. The van der Waals surface area contributed by atoms with Gasteiger partial charge in [0.25, 0.3) is 5.91 Å². The number of carbonyl (C=O) groups is 1. The largest absolute Gasteiger partial charge is 0.391 e. The van der Waals surface area contributed by atoms with Crippen LogP contribution in [0.15, 0.2) is 0 Å². The van der Waals surface area contributed by atoms with E-state index >= 15 is 0 Å². The molecule has 4 nitrogen and oxygen atoms in total. The zero-order chi connectivity index (χ0) is 9.97. The summed E-state index contributed by atoms with van der Waals surface area (Å²) in [4.78, 5) is 13.6. The molecule has 14 heavy (non-hydrogen) atoms. The van der Waals surface area contributed by atoms with Crippen molar-refractivity contribution in [3.63, 3.8) is 0 Å². The molecule has 2 fully saturated rings. The minimum Gasteiger partial charge on any atom is -0.391 e. The molecule has 1 N–H and O–H groups in total. The van der Waals surface area contributed by atoms with Crippen LogP contribution in [-0.4, -0.2) is 47.8 Å². The number of hydrogen-bond acceptors (Lipinski definition) is 3. The van der Waals surface area contributed by atoms with Gasteiger partial charge in [-0.2, -0.15) is 0 Å². The smallest absolute Gasteiger partial charge is 0.251 e. The second-order valence-electron chi connectivity index (χ2n) is 4.08. The molecule has 2 rings (SSSR count). The molecule has 2 saturated heterocycles. The second-order valence-corrected chi connectivity index (χ2v) is 4.08. The fourth-order valence-electron chi connectivity index (χ4n) is 2.13. The van der Waals surface area contributed by atoms with Gasteiger partial charge in [-0.05, 0) is 25.7 Å².